The number of rotatable bonds is 4. The molecule has 0 aromatic carbocycles. The minimum atomic E-state index is -0.234. The van der Waals surface area contributed by atoms with E-state index >= 15 is 0 Å². The number of thioether (sulfide) groups is 2. The molecule has 7 heteroatoms. The Labute approximate surface area is 142 Å². The van der Waals surface area contributed by atoms with Gasteiger partial charge in [0.05, 0.1) is 14.4 Å². The van der Waals surface area contributed by atoms with Gasteiger partial charge in [0.2, 0.25) is 5.12 Å². The second kappa shape index (κ2) is 9.11. The van der Waals surface area contributed by atoms with Crippen molar-refractivity contribution in [1.29, 1.82) is 0 Å². The van der Waals surface area contributed by atoms with Gasteiger partial charge in [-0.3, -0.25) is 4.79 Å². The van der Waals surface area contributed by atoms with Crippen molar-refractivity contribution in [2.45, 2.75) is 37.4 Å². The molecule has 0 spiro atoms. The van der Waals surface area contributed by atoms with Crippen LogP contribution in [0.15, 0.2) is 19.5 Å². The van der Waals surface area contributed by atoms with Gasteiger partial charge < -0.3 is 0 Å². The number of hydrogen-bond acceptors (Lipinski definition) is 3. The molecular formula is C12H14Cl4OS2. The topological polar surface area (TPSA) is 17.1 Å². The first-order valence-electron chi connectivity index (χ1n) is 5.83. The second-order valence-electron chi connectivity index (χ2n) is 4.09. The number of carbonyl (C=O) groups is 1. The van der Waals surface area contributed by atoms with Crippen molar-refractivity contribution in [2.75, 3.05) is 6.26 Å². The van der Waals surface area contributed by atoms with Gasteiger partial charge in [-0.05, 0) is 19.1 Å². The predicted octanol–water partition coefficient (Wildman–Crippen LogP) is 6.28. The maximum Gasteiger partial charge on any atom is 0.232 e. The van der Waals surface area contributed by atoms with Crippen molar-refractivity contribution < 1.29 is 4.79 Å². The lowest BCUT2D eigenvalue weighted by Crippen LogP contribution is -2.11. The number of allylic oxidation sites excluding steroid dienone is 2. The third kappa shape index (κ3) is 5.72. The molecule has 108 valence electrons. The maximum absolute atomic E-state index is 12.0. The lowest BCUT2D eigenvalue weighted by atomic mass is 10.0. The minimum absolute atomic E-state index is 0.0241. The van der Waals surface area contributed by atoms with Crippen molar-refractivity contribution in [3.63, 3.8) is 0 Å². The van der Waals surface area contributed by atoms with Gasteiger partial charge >= 0.3 is 0 Å². The highest BCUT2D eigenvalue weighted by molar-refractivity contribution is 8.14. The molecule has 0 saturated heterocycles. The smallest absolute Gasteiger partial charge is 0.232 e. The monoisotopic (exact) mass is 378 g/mol. The summed E-state index contributed by atoms with van der Waals surface area (Å²) in [6.07, 6.45) is 7.44. The zero-order chi connectivity index (χ0) is 14.4. The molecule has 0 aliphatic heterocycles. The van der Waals surface area contributed by atoms with Crippen LogP contribution in [0.25, 0.3) is 0 Å². The van der Waals surface area contributed by atoms with Crippen molar-refractivity contribution in [3.05, 3.63) is 19.5 Å². The quantitative estimate of drug-likeness (QED) is 0.422. The number of halogens is 4. The predicted molar refractivity (Wildman–Crippen MR) is 90.5 cm³/mol. The van der Waals surface area contributed by atoms with Crippen LogP contribution in [0.5, 0.6) is 0 Å². The van der Waals surface area contributed by atoms with Crippen molar-refractivity contribution in [1.82, 2.24) is 0 Å². The molecule has 0 aromatic heterocycles. The van der Waals surface area contributed by atoms with Crippen molar-refractivity contribution in [3.8, 4) is 0 Å². The van der Waals surface area contributed by atoms with E-state index in [1.807, 2.05) is 0 Å². The summed E-state index contributed by atoms with van der Waals surface area (Å²) in [7, 11) is 0. The summed E-state index contributed by atoms with van der Waals surface area (Å²) in [5.41, 5.74) is 0. The zero-order valence-electron chi connectivity index (χ0n) is 10.3. The van der Waals surface area contributed by atoms with Crippen LogP contribution in [0, 0.1) is 0 Å². The first-order chi connectivity index (χ1) is 8.97. The highest BCUT2D eigenvalue weighted by Crippen LogP contribution is 2.37. The van der Waals surface area contributed by atoms with Gasteiger partial charge in [0.1, 0.15) is 5.03 Å². The lowest BCUT2D eigenvalue weighted by Gasteiger charge is -2.19. The second-order valence-corrected chi connectivity index (χ2v) is 7.91. The molecule has 1 nitrogen and oxygen atoms in total. The van der Waals surface area contributed by atoms with Gasteiger partial charge in [-0.25, -0.2) is 0 Å². The Balaban J connectivity index is 2.74. The van der Waals surface area contributed by atoms with E-state index in [0.717, 1.165) is 12.8 Å². The Morgan fingerprint density at radius 2 is 1.53 bits per heavy atom. The van der Waals surface area contributed by atoms with Gasteiger partial charge in [0.25, 0.3) is 0 Å². The molecule has 0 radical (unpaired) electrons. The molecule has 0 N–H and O–H groups in total. The van der Waals surface area contributed by atoms with Gasteiger partial charge in [-0.15, -0.1) is 11.8 Å². The summed E-state index contributed by atoms with van der Waals surface area (Å²) in [4.78, 5) is 12.0. The van der Waals surface area contributed by atoms with Crippen LogP contribution in [0.3, 0.4) is 0 Å². The molecule has 1 saturated carbocycles. The van der Waals surface area contributed by atoms with Gasteiger partial charge in [-0.2, -0.15) is 0 Å². The fraction of sp³-hybridized carbons (Fsp3) is 0.583. The summed E-state index contributed by atoms with van der Waals surface area (Å²) < 4.78 is 0.320. The number of carbonyl (C=O) groups excluding carboxylic acids is 1. The molecule has 0 aromatic rings. The van der Waals surface area contributed by atoms with Gasteiger partial charge in [0.15, 0.2) is 0 Å². The van der Waals surface area contributed by atoms with Crippen LogP contribution in [0.4, 0.5) is 0 Å². The van der Waals surface area contributed by atoms with Crippen LogP contribution < -0.4 is 0 Å². The molecule has 0 unspecified atom stereocenters. The van der Waals surface area contributed by atoms with Gasteiger partial charge in [-0.1, -0.05) is 77.4 Å². The summed E-state index contributed by atoms with van der Waals surface area (Å²) >= 11 is 26.3. The van der Waals surface area contributed by atoms with Gasteiger partial charge in [0, 0.05) is 5.25 Å². The zero-order valence-corrected chi connectivity index (χ0v) is 15.0. The van der Waals surface area contributed by atoms with E-state index in [1.165, 1.54) is 42.8 Å². The first kappa shape index (κ1) is 18.1. The molecule has 1 fully saturated rings. The molecular weight excluding hydrogens is 366 g/mol. The van der Waals surface area contributed by atoms with E-state index < -0.39 is 0 Å². The van der Waals surface area contributed by atoms with E-state index in [0.29, 0.717) is 9.61 Å². The SMILES string of the molecule is CS/C(Cl)=C(Cl)\C(Cl)=C(\Cl)C(=O)SC1CCCCC1. The Morgan fingerprint density at radius 3 is 2.05 bits per heavy atom. The van der Waals surface area contributed by atoms with Crippen LogP contribution >= 0.6 is 69.9 Å². The average molecular weight is 380 g/mol. The van der Waals surface area contributed by atoms with E-state index in [2.05, 4.69) is 0 Å². The maximum atomic E-state index is 12.0. The third-order valence-electron chi connectivity index (χ3n) is 2.74. The molecule has 0 heterocycles. The van der Waals surface area contributed by atoms with E-state index in [9.17, 15) is 4.79 Å². The highest BCUT2D eigenvalue weighted by atomic mass is 35.5. The van der Waals surface area contributed by atoms with Crippen LogP contribution in [-0.4, -0.2) is 16.6 Å². The minimum Gasteiger partial charge on any atom is -0.280 e. The van der Waals surface area contributed by atoms with E-state index in [4.69, 9.17) is 46.4 Å². The van der Waals surface area contributed by atoms with Crippen LogP contribution in [0.1, 0.15) is 32.1 Å². The standard InChI is InChI=1S/C12H14Cl4OS2/c1-18-11(16)9(14)8(13)10(15)12(17)19-7-5-3-2-4-6-7/h7H,2-6H2,1H3/b10-8-,11-9+. The lowest BCUT2D eigenvalue weighted by molar-refractivity contribution is -0.107. The Bertz CT molecular complexity index is 401. The molecule has 0 atom stereocenters. The largest absolute Gasteiger partial charge is 0.280 e. The van der Waals surface area contributed by atoms with Crippen LogP contribution in [0.2, 0.25) is 0 Å². The summed E-state index contributed by atoms with van der Waals surface area (Å²) in [6, 6.07) is 0. The molecule has 0 bridgehead atoms. The Morgan fingerprint density at radius 1 is 0.947 bits per heavy atom. The first-order valence-corrected chi connectivity index (χ1v) is 9.45. The normalized spacial score (nSPS) is 19.8. The summed E-state index contributed by atoms with van der Waals surface area (Å²) in [5, 5.41) is 0.199. The van der Waals surface area contributed by atoms with Crippen molar-refractivity contribution in [2.24, 2.45) is 0 Å². The van der Waals surface area contributed by atoms with Crippen LogP contribution in [-0.2, 0) is 4.79 Å². The van der Waals surface area contributed by atoms with E-state index in [1.54, 1.807) is 6.26 Å². The average Bonchev–Trinajstić information content (AvgIpc) is 2.44. The Kier molecular flexibility index (Phi) is 8.66. The molecule has 1 aliphatic carbocycles. The third-order valence-corrected chi connectivity index (χ3v) is 6.81. The van der Waals surface area contributed by atoms with Crippen molar-refractivity contribution >= 4 is 75.0 Å². The van der Waals surface area contributed by atoms with E-state index in [-0.39, 0.29) is 20.2 Å². The highest BCUT2D eigenvalue weighted by Gasteiger charge is 2.22. The fourth-order valence-corrected chi connectivity index (χ4v) is 4.14. The fourth-order valence-electron chi connectivity index (χ4n) is 1.75. The Hall–Kier alpha value is 1.01. The summed E-state index contributed by atoms with van der Waals surface area (Å²) in [6.45, 7) is 0. The molecule has 1 aliphatic rings. The molecule has 1 rings (SSSR count). The number of hydrogen-bond donors (Lipinski definition) is 0. The molecule has 19 heavy (non-hydrogen) atoms. The summed E-state index contributed by atoms with van der Waals surface area (Å²) in [5.74, 6) is 0. The molecule has 0 amide bonds.